The van der Waals surface area contributed by atoms with Crippen molar-refractivity contribution in [3.63, 3.8) is 0 Å². The Morgan fingerprint density at radius 1 is 1.59 bits per heavy atom. The van der Waals surface area contributed by atoms with Crippen LogP contribution in [0.3, 0.4) is 0 Å². The summed E-state index contributed by atoms with van der Waals surface area (Å²) >= 11 is 2.91. The first kappa shape index (κ1) is 13.9. The van der Waals surface area contributed by atoms with Gasteiger partial charge in [-0.25, -0.2) is 4.79 Å². The lowest BCUT2D eigenvalue weighted by Crippen LogP contribution is -2.27. The van der Waals surface area contributed by atoms with Crippen LogP contribution in [0.15, 0.2) is 10.8 Å². The first-order valence-electron chi connectivity index (χ1n) is 4.72. The molecule has 0 radical (unpaired) electrons. The molecule has 0 aliphatic carbocycles. The molecule has 1 N–H and O–H groups in total. The molecule has 0 unspecified atom stereocenters. The van der Waals surface area contributed by atoms with Gasteiger partial charge in [-0.3, -0.25) is 5.32 Å². The van der Waals surface area contributed by atoms with Crippen molar-refractivity contribution in [2.24, 2.45) is 0 Å². The molecule has 1 aromatic heterocycles. The summed E-state index contributed by atoms with van der Waals surface area (Å²) in [6.07, 6.45) is 0.382. The Morgan fingerprint density at radius 3 is 2.59 bits per heavy atom. The second-order valence-electron chi connectivity index (χ2n) is 4.20. The van der Waals surface area contributed by atoms with E-state index < -0.39 is 18.2 Å². The van der Waals surface area contributed by atoms with Crippen molar-refractivity contribution >= 4 is 27.7 Å². The molecule has 0 saturated carbocycles. The first-order chi connectivity index (χ1) is 7.70. The lowest BCUT2D eigenvalue weighted by Gasteiger charge is -2.19. The number of nitrogens with zero attached hydrogens (tertiary/aromatic N) is 2. The summed E-state index contributed by atoms with van der Waals surface area (Å²) in [5.74, 6) is 0. The maximum atomic E-state index is 12.4. The molecule has 8 heteroatoms. The zero-order valence-corrected chi connectivity index (χ0v) is 11.1. The van der Waals surface area contributed by atoms with Gasteiger partial charge in [0.15, 0.2) is 0 Å². The van der Waals surface area contributed by atoms with Crippen LogP contribution in [0.4, 0.5) is 19.3 Å². The summed E-state index contributed by atoms with van der Waals surface area (Å²) < 4.78 is 30.1. The van der Waals surface area contributed by atoms with Crippen LogP contribution >= 0.6 is 15.9 Å². The summed E-state index contributed by atoms with van der Waals surface area (Å²) in [4.78, 5) is 11.4. The second-order valence-corrected chi connectivity index (χ2v) is 4.95. The first-order valence-corrected chi connectivity index (χ1v) is 5.51. The van der Waals surface area contributed by atoms with Crippen LogP contribution in [0.5, 0.6) is 0 Å². The van der Waals surface area contributed by atoms with Crippen LogP contribution in [-0.4, -0.2) is 21.5 Å². The molecule has 0 saturated heterocycles. The fourth-order valence-corrected chi connectivity index (χ4v) is 1.43. The van der Waals surface area contributed by atoms with Crippen molar-refractivity contribution in [1.82, 2.24) is 9.78 Å². The van der Waals surface area contributed by atoms with Gasteiger partial charge in [-0.15, -0.1) is 0 Å². The predicted molar refractivity (Wildman–Crippen MR) is 61.0 cm³/mol. The van der Waals surface area contributed by atoms with Gasteiger partial charge in [0.2, 0.25) is 0 Å². The SMILES string of the molecule is CC(C)(C)OC(=O)Nc1cnn(C(F)F)c1Br. The number of carbonyl (C=O) groups excluding carboxylic acids is 1. The van der Waals surface area contributed by atoms with E-state index in [1.54, 1.807) is 20.8 Å². The molecule has 0 fully saturated rings. The fraction of sp³-hybridized carbons (Fsp3) is 0.556. The molecule has 0 aliphatic rings. The number of hydrogen-bond donors (Lipinski definition) is 1. The Bertz CT molecular complexity index is 415. The van der Waals surface area contributed by atoms with E-state index in [0.717, 1.165) is 6.20 Å². The smallest absolute Gasteiger partial charge is 0.412 e. The minimum atomic E-state index is -2.78. The molecule has 1 rings (SSSR count). The molecule has 0 spiro atoms. The van der Waals surface area contributed by atoms with Crippen LogP contribution < -0.4 is 5.32 Å². The van der Waals surface area contributed by atoms with E-state index in [0.29, 0.717) is 4.68 Å². The number of rotatable bonds is 2. The number of amides is 1. The standard InChI is InChI=1S/C9H12BrF2N3O2/c1-9(2,3)17-8(16)14-5-4-13-15(6(5)10)7(11)12/h4,7H,1-3H3,(H,14,16). The molecule has 1 heterocycles. The fourth-order valence-electron chi connectivity index (χ4n) is 0.981. The maximum absolute atomic E-state index is 12.4. The average Bonchev–Trinajstić information content (AvgIpc) is 2.44. The molecule has 1 amide bonds. The van der Waals surface area contributed by atoms with Gasteiger partial charge in [-0.05, 0) is 36.7 Å². The molecule has 96 valence electrons. The molecular weight excluding hydrogens is 300 g/mol. The number of halogens is 3. The number of hydrogen-bond acceptors (Lipinski definition) is 3. The summed E-state index contributed by atoms with van der Waals surface area (Å²) in [5, 5.41) is 5.73. The van der Waals surface area contributed by atoms with E-state index in [1.807, 2.05) is 0 Å². The zero-order valence-electron chi connectivity index (χ0n) is 9.50. The highest BCUT2D eigenvalue weighted by atomic mass is 79.9. The van der Waals surface area contributed by atoms with E-state index in [2.05, 4.69) is 26.3 Å². The molecule has 5 nitrogen and oxygen atoms in total. The number of alkyl halides is 2. The molecular formula is C9H12BrF2N3O2. The van der Waals surface area contributed by atoms with Crippen LogP contribution in [0.25, 0.3) is 0 Å². The van der Waals surface area contributed by atoms with Gasteiger partial charge in [-0.1, -0.05) is 0 Å². The maximum Gasteiger partial charge on any atom is 0.412 e. The van der Waals surface area contributed by atoms with Crippen molar-refractivity contribution in [3.05, 3.63) is 10.8 Å². The van der Waals surface area contributed by atoms with Crippen molar-refractivity contribution in [3.8, 4) is 0 Å². The summed E-state index contributed by atoms with van der Waals surface area (Å²) in [7, 11) is 0. The van der Waals surface area contributed by atoms with E-state index >= 15 is 0 Å². The van der Waals surface area contributed by atoms with Gasteiger partial charge in [0.1, 0.15) is 10.2 Å². The van der Waals surface area contributed by atoms with Crippen molar-refractivity contribution in [1.29, 1.82) is 0 Å². The van der Waals surface area contributed by atoms with Gasteiger partial charge in [0.25, 0.3) is 0 Å². The largest absolute Gasteiger partial charge is 0.444 e. The third kappa shape index (κ3) is 3.95. The van der Waals surface area contributed by atoms with E-state index in [-0.39, 0.29) is 10.3 Å². The van der Waals surface area contributed by atoms with E-state index in [1.165, 1.54) is 0 Å². The Morgan fingerprint density at radius 2 is 2.18 bits per heavy atom. The van der Waals surface area contributed by atoms with Crippen LogP contribution in [-0.2, 0) is 4.74 Å². The van der Waals surface area contributed by atoms with Crippen LogP contribution in [0.2, 0.25) is 0 Å². The lowest BCUT2D eigenvalue weighted by atomic mass is 10.2. The average molecular weight is 312 g/mol. The van der Waals surface area contributed by atoms with Gasteiger partial charge >= 0.3 is 12.6 Å². The summed E-state index contributed by atoms with van der Waals surface area (Å²) in [5.41, 5.74) is -0.533. The Kier molecular flexibility index (Phi) is 4.07. The van der Waals surface area contributed by atoms with Crippen molar-refractivity contribution < 1.29 is 18.3 Å². The molecule has 0 bridgehead atoms. The van der Waals surface area contributed by atoms with Crippen molar-refractivity contribution in [2.75, 3.05) is 5.32 Å². The van der Waals surface area contributed by atoms with Gasteiger partial charge < -0.3 is 4.74 Å². The molecule has 1 aromatic rings. The van der Waals surface area contributed by atoms with Crippen LogP contribution in [0, 0.1) is 0 Å². The zero-order chi connectivity index (χ0) is 13.2. The molecule has 0 aliphatic heterocycles. The third-order valence-corrected chi connectivity index (χ3v) is 2.35. The number of anilines is 1. The quantitative estimate of drug-likeness (QED) is 0.911. The van der Waals surface area contributed by atoms with E-state index in [9.17, 15) is 13.6 Å². The van der Waals surface area contributed by atoms with Crippen molar-refractivity contribution in [2.45, 2.75) is 32.9 Å². The highest BCUT2D eigenvalue weighted by Gasteiger charge is 2.20. The number of ether oxygens (including phenoxy) is 1. The highest BCUT2D eigenvalue weighted by Crippen LogP contribution is 2.26. The Hall–Kier alpha value is -1.18. The normalized spacial score (nSPS) is 11.7. The number of aromatic nitrogens is 2. The van der Waals surface area contributed by atoms with E-state index in [4.69, 9.17) is 4.74 Å². The minimum Gasteiger partial charge on any atom is -0.444 e. The molecule has 0 aromatic carbocycles. The summed E-state index contributed by atoms with van der Waals surface area (Å²) in [6.45, 7) is 2.32. The number of nitrogens with one attached hydrogen (secondary N) is 1. The van der Waals surface area contributed by atoms with Gasteiger partial charge in [0, 0.05) is 0 Å². The topological polar surface area (TPSA) is 56.1 Å². The Balaban J connectivity index is 2.73. The monoisotopic (exact) mass is 311 g/mol. The predicted octanol–water partition coefficient (Wildman–Crippen LogP) is 3.39. The highest BCUT2D eigenvalue weighted by molar-refractivity contribution is 9.10. The second kappa shape index (κ2) is 4.99. The van der Waals surface area contributed by atoms with Crippen LogP contribution in [0.1, 0.15) is 27.3 Å². The third-order valence-electron chi connectivity index (χ3n) is 1.56. The van der Waals surface area contributed by atoms with Gasteiger partial charge in [0.05, 0.1) is 11.9 Å². The summed E-state index contributed by atoms with van der Waals surface area (Å²) in [6, 6.07) is 0. The molecule has 0 atom stereocenters. The lowest BCUT2D eigenvalue weighted by molar-refractivity contribution is 0.0539. The Labute approximate surface area is 105 Å². The van der Waals surface area contributed by atoms with Gasteiger partial charge in [-0.2, -0.15) is 18.6 Å². The minimum absolute atomic E-state index is 0.0154. The molecule has 17 heavy (non-hydrogen) atoms. The number of carbonyl (C=O) groups is 1.